The molecule has 5 heteroatoms. The third kappa shape index (κ3) is 2.23. The second-order valence-electron chi connectivity index (χ2n) is 3.81. The standard InChI is InChI=1S/C9H16N2O3/c1-6(10-2)7(12)11-5-9(3-4-9)8(13)14/h6,10H,3-5H2,1-2H3,(H,11,12)(H,13,14). The lowest BCUT2D eigenvalue weighted by Gasteiger charge is -2.14. The van der Waals surface area contributed by atoms with E-state index in [-0.39, 0.29) is 18.5 Å². The number of amides is 1. The molecular weight excluding hydrogens is 184 g/mol. The molecule has 0 aliphatic heterocycles. The molecule has 1 atom stereocenters. The van der Waals surface area contributed by atoms with Crippen molar-refractivity contribution in [3.8, 4) is 0 Å². The van der Waals surface area contributed by atoms with Crippen molar-refractivity contribution in [2.75, 3.05) is 13.6 Å². The largest absolute Gasteiger partial charge is 0.481 e. The summed E-state index contributed by atoms with van der Waals surface area (Å²) in [4.78, 5) is 22.1. The Kier molecular flexibility index (Phi) is 3.10. The minimum atomic E-state index is -0.810. The van der Waals surface area contributed by atoms with E-state index in [9.17, 15) is 9.59 Å². The topological polar surface area (TPSA) is 78.4 Å². The van der Waals surface area contributed by atoms with Gasteiger partial charge < -0.3 is 15.7 Å². The molecule has 0 aromatic heterocycles. The highest BCUT2D eigenvalue weighted by Gasteiger charge is 2.50. The molecule has 0 heterocycles. The normalized spacial score (nSPS) is 19.9. The van der Waals surface area contributed by atoms with Crippen LogP contribution in [-0.4, -0.2) is 36.6 Å². The maximum absolute atomic E-state index is 11.3. The highest BCUT2D eigenvalue weighted by Crippen LogP contribution is 2.45. The van der Waals surface area contributed by atoms with E-state index in [1.807, 2.05) is 0 Å². The number of hydrogen-bond acceptors (Lipinski definition) is 3. The molecule has 0 radical (unpaired) electrons. The molecule has 1 amide bonds. The Morgan fingerprint density at radius 3 is 2.43 bits per heavy atom. The monoisotopic (exact) mass is 200 g/mol. The SMILES string of the molecule is CNC(C)C(=O)NCC1(C(=O)O)CC1. The molecule has 0 bridgehead atoms. The lowest BCUT2D eigenvalue weighted by Crippen LogP contribution is -2.43. The molecule has 1 aliphatic rings. The van der Waals surface area contributed by atoms with Crippen molar-refractivity contribution < 1.29 is 14.7 Å². The molecule has 14 heavy (non-hydrogen) atoms. The fourth-order valence-electron chi connectivity index (χ4n) is 1.16. The van der Waals surface area contributed by atoms with Crippen LogP contribution in [0.3, 0.4) is 0 Å². The van der Waals surface area contributed by atoms with Crippen molar-refractivity contribution in [3.63, 3.8) is 0 Å². The maximum Gasteiger partial charge on any atom is 0.311 e. The van der Waals surface area contributed by atoms with Crippen LogP contribution in [0.5, 0.6) is 0 Å². The van der Waals surface area contributed by atoms with E-state index in [2.05, 4.69) is 10.6 Å². The molecule has 1 unspecified atom stereocenters. The van der Waals surface area contributed by atoms with E-state index in [0.717, 1.165) is 0 Å². The van der Waals surface area contributed by atoms with Gasteiger partial charge >= 0.3 is 5.97 Å². The predicted octanol–water partition coefficient (Wildman–Crippen LogP) is -0.425. The van der Waals surface area contributed by atoms with Gasteiger partial charge in [-0.05, 0) is 26.8 Å². The van der Waals surface area contributed by atoms with Crippen LogP contribution in [0.1, 0.15) is 19.8 Å². The number of aliphatic carboxylic acids is 1. The van der Waals surface area contributed by atoms with Crippen LogP contribution < -0.4 is 10.6 Å². The number of nitrogens with one attached hydrogen (secondary N) is 2. The molecular formula is C9H16N2O3. The first-order chi connectivity index (χ1) is 6.52. The number of carboxylic acids is 1. The van der Waals surface area contributed by atoms with E-state index >= 15 is 0 Å². The van der Waals surface area contributed by atoms with Gasteiger partial charge in [0.15, 0.2) is 0 Å². The summed E-state index contributed by atoms with van der Waals surface area (Å²) in [6.07, 6.45) is 1.33. The van der Waals surface area contributed by atoms with Crippen molar-refractivity contribution >= 4 is 11.9 Å². The Labute approximate surface area is 82.9 Å². The summed E-state index contributed by atoms with van der Waals surface area (Å²) in [7, 11) is 1.69. The van der Waals surface area contributed by atoms with E-state index in [4.69, 9.17) is 5.11 Å². The van der Waals surface area contributed by atoms with Crippen LogP contribution in [0, 0.1) is 5.41 Å². The van der Waals surface area contributed by atoms with Gasteiger partial charge in [-0.25, -0.2) is 0 Å². The van der Waals surface area contributed by atoms with Gasteiger partial charge in [0.1, 0.15) is 0 Å². The van der Waals surface area contributed by atoms with E-state index < -0.39 is 11.4 Å². The summed E-state index contributed by atoms with van der Waals surface area (Å²) in [5.41, 5.74) is -0.677. The molecule has 1 aliphatic carbocycles. The third-order valence-corrected chi connectivity index (χ3v) is 2.73. The zero-order chi connectivity index (χ0) is 10.8. The maximum atomic E-state index is 11.3. The summed E-state index contributed by atoms with van der Waals surface area (Å²) in [5.74, 6) is -0.963. The molecule has 0 spiro atoms. The van der Waals surface area contributed by atoms with E-state index in [1.54, 1.807) is 14.0 Å². The Hall–Kier alpha value is -1.10. The average Bonchev–Trinajstić information content (AvgIpc) is 2.93. The van der Waals surface area contributed by atoms with Crippen LogP contribution in [-0.2, 0) is 9.59 Å². The number of hydrogen-bond donors (Lipinski definition) is 3. The van der Waals surface area contributed by atoms with Crippen LogP contribution in [0.15, 0.2) is 0 Å². The van der Waals surface area contributed by atoms with Crippen molar-refractivity contribution in [1.29, 1.82) is 0 Å². The number of carboxylic acid groups (broad SMARTS) is 1. The van der Waals surface area contributed by atoms with Gasteiger partial charge in [-0.3, -0.25) is 9.59 Å². The summed E-state index contributed by atoms with van der Waals surface area (Å²) in [5, 5.41) is 14.3. The average molecular weight is 200 g/mol. The third-order valence-electron chi connectivity index (χ3n) is 2.73. The number of carbonyl (C=O) groups is 2. The number of likely N-dealkylation sites (N-methyl/N-ethyl adjacent to an activating group) is 1. The number of rotatable bonds is 5. The zero-order valence-electron chi connectivity index (χ0n) is 8.46. The second kappa shape index (κ2) is 3.96. The lowest BCUT2D eigenvalue weighted by atomic mass is 10.1. The van der Waals surface area contributed by atoms with Gasteiger partial charge in [0.25, 0.3) is 0 Å². The Morgan fingerprint density at radius 2 is 2.07 bits per heavy atom. The Balaban J connectivity index is 2.34. The summed E-state index contributed by atoms with van der Waals surface area (Å²) >= 11 is 0. The quantitative estimate of drug-likeness (QED) is 0.563. The van der Waals surface area contributed by atoms with Crippen LogP contribution in [0.4, 0.5) is 0 Å². The molecule has 1 fully saturated rings. The van der Waals surface area contributed by atoms with Crippen LogP contribution in [0.25, 0.3) is 0 Å². The first-order valence-electron chi connectivity index (χ1n) is 4.70. The lowest BCUT2D eigenvalue weighted by molar-refractivity contribution is -0.143. The van der Waals surface area contributed by atoms with Gasteiger partial charge in [-0.2, -0.15) is 0 Å². The summed E-state index contributed by atoms with van der Waals surface area (Å²) in [6.45, 7) is 1.98. The molecule has 0 saturated heterocycles. The molecule has 1 saturated carbocycles. The van der Waals surface area contributed by atoms with Crippen LogP contribution >= 0.6 is 0 Å². The van der Waals surface area contributed by atoms with Crippen molar-refractivity contribution in [1.82, 2.24) is 10.6 Å². The van der Waals surface area contributed by atoms with Gasteiger partial charge in [0.2, 0.25) is 5.91 Å². The Bertz CT molecular complexity index is 248. The fraction of sp³-hybridized carbons (Fsp3) is 0.778. The molecule has 0 aromatic carbocycles. The van der Waals surface area contributed by atoms with Crippen molar-refractivity contribution in [2.24, 2.45) is 5.41 Å². The molecule has 1 rings (SSSR count). The van der Waals surface area contributed by atoms with E-state index in [1.165, 1.54) is 0 Å². The first-order valence-corrected chi connectivity index (χ1v) is 4.70. The minimum absolute atomic E-state index is 0.153. The molecule has 5 nitrogen and oxygen atoms in total. The fourth-order valence-corrected chi connectivity index (χ4v) is 1.16. The predicted molar refractivity (Wildman–Crippen MR) is 50.8 cm³/mol. The highest BCUT2D eigenvalue weighted by molar-refractivity contribution is 5.83. The van der Waals surface area contributed by atoms with Gasteiger partial charge in [-0.15, -0.1) is 0 Å². The van der Waals surface area contributed by atoms with E-state index in [0.29, 0.717) is 12.8 Å². The van der Waals surface area contributed by atoms with Crippen LogP contribution in [0.2, 0.25) is 0 Å². The zero-order valence-corrected chi connectivity index (χ0v) is 8.46. The Morgan fingerprint density at radius 1 is 1.50 bits per heavy atom. The molecule has 0 aromatic rings. The van der Waals surface area contributed by atoms with Crippen molar-refractivity contribution in [3.05, 3.63) is 0 Å². The molecule has 3 N–H and O–H groups in total. The number of carbonyl (C=O) groups excluding carboxylic acids is 1. The minimum Gasteiger partial charge on any atom is -0.481 e. The van der Waals surface area contributed by atoms with Gasteiger partial charge in [0, 0.05) is 6.54 Å². The molecule has 80 valence electrons. The second-order valence-corrected chi connectivity index (χ2v) is 3.81. The highest BCUT2D eigenvalue weighted by atomic mass is 16.4. The van der Waals surface area contributed by atoms with Gasteiger partial charge in [-0.1, -0.05) is 0 Å². The summed E-state index contributed by atoms with van der Waals surface area (Å²) in [6, 6.07) is -0.278. The first kappa shape index (κ1) is 11.0. The van der Waals surface area contributed by atoms with Crippen molar-refractivity contribution in [2.45, 2.75) is 25.8 Å². The van der Waals surface area contributed by atoms with Gasteiger partial charge in [0.05, 0.1) is 11.5 Å². The summed E-state index contributed by atoms with van der Waals surface area (Å²) < 4.78 is 0. The smallest absolute Gasteiger partial charge is 0.311 e.